The van der Waals surface area contributed by atoms with Gasteiger partial charge in [0.05, 0.1) is 0 Å². The van der Waals surface area contributed by atoms with E-state index in [0.29, 0.717) is 5.92 Å². The van der Waals surface area contributed by atoms with E-state index >= 15 is 0 Å². The molecule has 1 aromatic heterocycles. The maximum atomic E-state index is 4.47. The van der Waals surface area contributed by atoms with Crippen LogP contribution in [0.5, 0.6) is 0 Å². The quantitative estimate of drug-likeness (QED) is 0.827. The summed E-state index contributed by atoms with van der Waals surface area (Å²) in [5, 5.41) is 3.38. The number of hydrogen-bond acceptors (Lipinski definition) is 2. The number of nitrogens with zero attached hydrogens (tertiary/aromatic N) is 1. The number of aromatic nitrogens is 1. The molecule has 0 saturated carbocycles. The van der Waals surface area contributed by atoms with E-state index < -0.39 is 0 Å². The zero-order chi connectivity index (χ0) is 9.10. The third-order valence-electron chi connectivity index (χ3n) is 2.78. The minimum absolute atomic E-state index is 0. The van der Waals surface area contributed by atoms with Crippen LogP contribution in [0.1, 0.15) is 30.0 Å². The number of hydrogen-bond donors (Lipinski definition) is 1. The summed E-state index contributed by atoms with van der Waals surface area (Å²) in [7, 11) is 0. The topological polar surface area (TPSA) is 24.9 Å². The molecule has 0 atom stereocenters. The van der Waals surface area contributed by atoms with E-state index in [1.54, 1.807) is 0 Å². The lowest BCUT2D eigenvalue weighted by Crippen LogP contribution is -2.27. The first-order chi connectivity index (χ1) is 6.38. The maximum Gasteiger partial charge on any atom is 0.0464 e. The average molecular weight is 249 g/mol. The maximum absolute atomic E-state index is 4.47. The Morgan fingerprint density at radius 3 is 2.53 bits per heavy atom. The highest BCUT2D eigenvalue weighted by Crippen LogP contribution is 2.25. The third-order valence-corrected chi connectivity index (χ3v) is 2.78. The van der Waals surface area contributed by atoms with Crippen LogP contribution in [0.4, 0.5) is 0 Å². The Morgan fingerprint density at radius 2 is 1.93 bits per heavy atom. The van der Waals surface area contributed by atoms with Gasteiger partial charge in [-0.15, -0.1) is 24.8 Å². The highest BCUT2D eigenvalue weighted by Gasteiger charge is 2.17. The number of halogens is 2. The van der Waals surface area contributed by atoms with E-state index in [4.69, 9.17) is 0 Å². The summed E-state index contributed by atoms with van der Waals surface area (Å²) in [5.41, 5.74) is 2.65. The van der Waals surface area contributed by atoms with Gasteiger partial charge in [-0.25, -0.2) is 0 Å². The van der Waals surface area contributed by atoms with Gasteiger partial charge in [0.1, 0.15) is 0 Å². The molecule has 1 aromatic rings. The first kappa shape index (κ1) is 14.7. The predicted molar refractivity (Wildman–Crippen MR) is 68.3 cm³/mol. The third kappa shape index (κ3) is 3.63. The lowest BCUT2D eigenvalue weighted by Gasteiger charge is -2.23. The summed E-state index contributed by atoms with van der Waals surface area (Å²) in [6.45, 7) is 4.44. The molecular formula is C11H18Cl2N2. The minimum Gasteiger partial charge on any atom is -0.317 e. The number of rotatable bonds is 1. The van der Waals surface area contributed by atoms with Crippen LogP contribution in [0.2, 0.25) is 0 Å². The van der Waals surface area contributed by atoms with Crippen LogP contribution < -0.4 is 5.32 Å². The average Bonchev–Trinajstić information content (AvgIpc) is 2.20. The molecule has 0 aromatic carbocycles. The number of piperidine rings is 1. The standard InChI is InChI=1S/C11H16N2.2ClH/c1-9-3-2-6-13-11(9)10-4-7-12-8-5-10;;/h2-3,6,10,12H,4-5,7-8H2,1H3;2*1H. The zero-order valence-electron chi connectivity index (χ0n) is 8.90. The Balaban J connectivity index is 0.000000980. The van der Waals surface area contributed by atoms with Crippen LogP contribution in [-0.4, -0.2) is 18.1 Å². The molecule has 1 fully saturated rings. The summed E-state index contributed by atoms with van der Waals surface area (Å²) in [6.07, 6.45) is 4.38. The van der Waals surface area contributed by atoms with Crippen molar-refractivity contribution in [3.8, 4) is 0 Å². The highest BCUT2D eigenvalue weighted by molar-refractivity contribution is 5.85. The molecule has 0 spiro atoms. The molecule has 1 aliphatic rings. The van der Waals surface area contributed by atoms with Crippen LogP contribution in [0.15, 0.2) is 18.3 Å². The molecular weight excluding hydrogens is 231 g/mol. The molecule has 0 amide bonds. The van der Waals surface area contributed by atoms with Crippen molar-refractivity contribution in [3.05, 3.63) is 29.6 Å². The Labute approximate surface area is 104 Å². The Morgan fingerprint density at radius 1 is 1.27 bits per heavy atom. The summed E-state index contributed by atoms with van der Waals surface area (Å²) >= 11 is 0. The van der Waals surface area contributed by atoms with Crippen molar-refractivity contribution < 1.29 is 0 Å². The second kappa shape index (κ2) is 7.04. The fourth-order valence-corrected chi connectivity index (χ4v) is 2.02. The fourth-order valence-electron chi connectivity index (χ4n) is 2.02. The second-order valence-electron chi connectivity index (χ2n) is 3.73. The molecule has 1 saturated heterocycles. The van der Waals surface area contributed by atoms with Gasteiger partial charge >= 0.3 is 0 Å². The van der Waals surface area contributed by atoms with Crippen molar-refractivity contribution in [1.82, 2.24) is 10.3 Å². The number of pyridine rings is 1. The molecule has 1 N–H and O–H groups in total. The Kier molecular flexibility index (Phi) is 6.90. The van der Waals surface area contributed by atoms with Gasteiger partial charge in [0.2, 0.25) is 0 Å². The van der Waals surface area contributed by atoms with Gasteiger partial charge in [0.15, 0.2) is 0 Å². The van der Waals surface area contributed by atoms with Gasteiger partial charge in [0, 0.05) is 17.8 Å². The summed E-state index contributed by atoms with van der Waals surface area (Å²) in [6, 6.07) is 4.17. The smallest absolute Gasteiger partial charge is 0.0464 e. The van der Waals surface area contributed by atoms with E-state index in [1.165, 1.54) is 24.1 Å². The molecule has 0 bridgehead atoms. The van der Waals surface area contributed by atoms with E-state index in [0.717, 1.165) is 13.1 Å². The van der Waals surface area contributed by atoms with Crippen molar-refractivity contribution in [2.24, 2.45) is 0 Å². The van der Waals surface area contributed by atoms with Crippen LogP contribution in [-0.2, 0) is 0 Å². The zero-order valence-corrected chi connectivity index (χ0v) is 10.5. The minimum atomic E-state index is 0. The Hall–Kier alpha value is -0.310. The van der Waals surface area contributed by atoms with Crippen LogP contribution in [0.25, 0.3) is 0 Å². The second-order valence-corrected chi connectivity index (χ2v) is 3.73. The molecule has 15 heavy (non-hydrogen) atoms. The normalized spacial score (nSPS) is 16.3. The molecule has 0 unspecified atom stereocenters. The molecule has 0 radical (unpaired) electrons. The summed E-state index contributed by atoms with van der Waals surface area (Å²) in [4.78, 5) is 4.47. The number of nitrogens with one attached hydrogen (secondary N) is 1. The molecule has 86 valence electrons. The van der Waals surface area contributed by atoms with E-state index in [2.05, 4.69) is 23.3 Å². The van der Waals surface area contributed by atoms with Gasteiger partial charge in [-0.3, -0.25) is 4.98 Å². The Bertz CT molecular complexity index is 286. The van der Waals surface area contributed by atoms with Crippen LogP contribution >= 0.6 is 24.8 Å². The van der Waals surface area contributed by atoms with Gasteiger partial charge in [0.25, 0.3) is 0 Å². The van der Waals surface area contributed by atoms with Crippen molar-refractivity contribution in [2.75, 3.05) is 13.1 Å². The lowest BCUT2D eigenvalue weighted by atomic mass is 9.92. The van der Waals surface area contributed by atoms with Gasteiger partial charge in [-0.05, 0) is 44.5 Å². The monoisotopic (exact) mass is 248 g/mol. The fraction of sp³-hybridized carbons (Fsp3) is 0.545. The van der Waals surface area contributed by atoms with E-state index in [1.807, 2.05) is 12.3 Å². The summed E-state index contributed by atoms with van der Waals surface area (Å²) < 4.78 is 0. The van der Waals surface area contributed by atoms with Crippen molar-refractivity contribution in [2.45, 2.75) is 25.7 Å². The molecule has 1 aliphatic heterocycles. The molecule has 2 nitrogen and oxygen atoms in total. The molecule has 2 rings (SSSR count). The predicted octanol–water partition coefficient (Wildman–Crippen LogP) is 2.70. The lowest BCUT2D eigenvalue weighted by molar-refractivity contribution is 0.452. The van der Waals surface area contributed by atoms with Crippen molar-refractivity contribution in [3.63, 3.8) is 0 Å². The summed E-state index contributed by atoms with van der Waals surface area (Å²) in [5.74, 6) is 0.683. The van der Waals surface area contributed by atoms with Gasteiger partial charge in [-0.1, -0.05) is 6.07 Å². The SMILES string of the molecule is Cc1cccnc1C1CCNCC1.Cl.Cl. The van der Waals surface area contributed by atoms with Gasteiger partial charge in [-0.2, -0.15) is 0 Å². The van der Waals surface area contributed by atoms with Crippen LogP contribution in [0, 0.1) is 6.92 Å². The van der Waals surface area contributed by atoms with Crippen molar-refractivity contribution in [1.29, 1.82) is 0 Å². The van der Waals surface area contributed by atoms with Gasteiger partial charge < -0.3 is 5.32 Å². The largest absolute Gasteiger partial charge is 0.317 e. The van der Waals surface area contributed by atoms with E-state index in [-0.39, 0.29) is 24.8 Å². The molecule has 4 heteroatoms. The first-order valence-corrected chi connectivity index (χ1v) is 5.00. The number of aryl methyl sites for hydroxylation is 1. The van der Waals surface area contributed by atoms with Crippen molar-refractivity contribution >= 4 is 24.8 Å². The molecule has 2 heterocycles. The van der Waals surface area contributed by atoms with Crippen LogP contribution in [0.3, 0.4) is 0 Å². The first-order valence-electron chi connectivity index (χ1n) is 5.00. The van der Waals surface area contributed by atoms with E-state index in [9.17, 15) is 0 Å². The highest BCUT2D eigenvalue weighted by atomic mass is 35.5. The molecule has 0 aliphatic carbocycles.